The number of benzene rings is 3. The lowest BCUT2D eigenvalue weighted by Gasteiger charge is -2.17. The lowest BCUT2D eigenvalue weighted by atomic mass is 9.97. The second-order valence-corrected chi connectivity index (χ2v) is 9.88. The zero-order chi connectivity index (χ0) is 27.7. The molecule has 0 saturated carbocycles. The Kier molecular flexibility index (Phi) is 7.30. The first-order chi connectivity index (χ1) is 18.8. The zero-order valence-electron chi connectivity index (χ0n) is 22.5. The maximum atomic E-state index is 15.6. The SMILES string of the molecule is CCn1c(COCc2ccccc2)nn(-c2cc3c(C(C)C)cn(-c4ccccc4C)c(=O)c3cc2F)c1=O. The number of fused-ring (bicyclic) bond motifs is 1. The van der Waals surface area contributed by atoms with Crippen LogP contribution >= 0.6 is 0 Å². The molecule has 200 valence electrons. The van der Waals surface area contributed by atoms with Crippen molar-refractivity contribution in [1.82, 2.24) is 18.9 Å². The Morgan fingerprint density at radius 3 is 2.33 bits per heavy atom. The van der Waals surface area contributed by atoms with Gasteiger partial charge in [-0.1, -0.05) is 62.4 Å². The Labute approximate surface area is 225 Å². The van der Waals surface area contributed by atoms with Gasteiger partial charge in [-0.2, -0.15) is 4.68 Å². The molecule has 0 N–H and O–H groups in total. The van der Waals surface area contributed by atoms with Crippen LogP contribution in [0, 0.1) is 12.7 Å². The molecule has 0 radical (unpaired) electrons. The number of aryl methyl sites for hydroxylation is 1. The molecular formula is C31H31FN4O3. The van der Waals surface area contributed by atoms with E-state index in [0.29, 0.717) is 24.4 Å². The molecule has 2 aromatic heterocycles. The van der Waals surface area contributed by atoms with E-state index in [-0.39, 0.29) is 29.2 Å². The van der Waals surface area contributed by atoms with E-state index in [2.05, 4.69) is 5.10 Å². The third-order valence-electron chi connectivity index (χ3n) is 6.94. The highest BCUT2D eigenvalue weighted by molar-refractivity contribution is 5.87. The van der Waals surface area contributed by atoms with Gasteiger partial charge in [-0.3, -0.25) is 13.9 Å². The Morgan fingerprint density at radius 2 is 1.64 bits per heavy atom. The first-order valence-corrected chi connectivity index (χ1v) is 13.1. The van der Waals surface area contributed by atoms with E-state index >= 15 is 4.39 Å². The number of aromatic nitrogens is 4. The van der Waals surface area contributed by atoms with E-state index in [1.54, 1.807) is 10.6 Å². The summed E-state index contributed by atoms with van der Waals surface area (Å²) in [6.07, 6.45) is 1.82. The largest absolute Gasteiger partial charge is 0.369 e. The standard InChI is InChI=1S/C31H31FN4O3/c1-5-34-29(19-39-18-22-12-7-6-8-13-22)33-36(31(34)38)28-16-23-24(15-26(28)32)30(37)35(17-25(23)20(2)3)27-14-10-9-11-21(27)4/h6-17,20H,5,18-19H2,1-4H3. The summed E-state index contributed by atoms with van der Waals surface area (Å²) < 4.78 is 25.6. The molecule has 0 saturated heterocycles. The highest BCUT2D eigenvalue weighted by Gasteiger charge is 2.21. The summed E-state index contributed by atoms with van der Waals surface area (Å²) in [5, 5.41) is 5.29. The second kappa shape index (κ2) is 10.8. The van der Waals surface area contributed by atoms with Gasteiger partial charge in [0.15, 0.2) is 5.82 Å². The van der Waals surface area contributed by atoms with Crippen molar-refractivity contribution in [3.05, 3.63) is 122 Å². The summed E-state index contributed by atoms with van der Waals surface area (Å²) in [6.45, 7) is 8.61. The second-order valence-electron chi connectivity index (χ2n) is 9.88. The number of ether oxygens (including phenoxy) is 1. The van der Waals surface area contributed by atoms with Crippen LogP contribution in [0.4, 0.5) is 4.39 Å². The van der Waals surface area contributed by atoms with E-state index in [0.717, 1.165) is 27.1 Å². The molecule has 5 aromatic rings. The summed E-state index contributed by atoms with van der Waals surface area (Å²) in [6, 6.07) is 20.1. The normalized spacial score (nSPS) is 11.5. The van der Waals surface area contributed by atoms with Crippen molar-refractivity contribution in [3.63, 3.8) is 0 Å². The average Bonchev–Trinajstić information content (AvgIpc) is 3.24. The molecule has 0 bridgehead atoms. The molecule has 5 rings (SSSR count). The Balaban J connectivity index is 1.60. The van der Waals surface area contributed by atoms with Gasteiger partial charge in [-0.15, -0.1) is 5.10 Å². The molecule has 0 amide bonds. The number of hydrogen-bond acceptors (Lipinski definition) is 4. The molecule has 8 heteroatoms. The Bertz CT molecular complexity index is 1770. The molecule has 0 fully saturated rings. The van der Waals surface area contributed by atoms with Crippen molar-refractivity contribution in [2.45, 2.75) is 53.4 Å². The minimum absolute atomic E-state index is 0.000971. The van der Waals surface area contributed by atoms with Crippen LogP contribution in [0.3, 0.4) is 0 Å². The smallest absolute Gasteiger partial charge is 0.350 e. The van der Waals surface area contributed by atoms with Crippen LogP contribution in [0.2, 0.25) is 0 Å². The van der Waals surface area contributed by atoms with Gasteiger partial charge < -0.3 is 4.74 Å². The number of rotatable bonds is 8. The van der Waals surface area contributed by atoms with Crippen molar-refractivity contribution >= 4 is 10.8 Å². The van der Waals surface area contributed by atoms with Crippen LogP contribution in [0.15, 0.2) is 82.5 Å². The van der Waals surface area contributed by atoms with E-state index < -0.39 is 11.5 Å². The zero-order valence-corrected chi connectivity index (χ0v) is 22.5. The number of para-hydroxylation sites is 1. The highest BCUT2D eigenvalue weighted by Crippen LogP contribution is 2.28. The summed E-state index contributed by atoms with van der Waals surface area (Å²) in [5.41, 5.74) is 2.75. The quantitative estimate of drug-likeness (QED) is 0.262. The van der Waals surface area contributed by atoms with Crippen LogP contribution in [0.5, 0.6) is 0 Å². The number of nitrogens with zero attached hydrogens (tertiary/aromatic N) is 4. The highest BCUT2D eigenvalue weighted by atomic mass is 19.1. The van der Waals surface area contributed by atoms with Gasteiger partial charge in [0, 0.05) is 12.7 Å². The number of pyridine rings is 1. The van der Waals surface area contributed by atoms with Gasteiger partial charge in [0.05, 0.1) is 17.7 Å². The number of halogens is 1. The fourth-order valence-corrected chi connectivity index (χ4v) is 4.86. The summed E-state index contributed by atoms with van der Waals surface area (Å²) >= 11 is 0. The van der Waals surface area contributed by atoms with Gasteiger partial charge in [0.1, 0.15) is 18.1 Å². The van der Waals surface area contributed by atoms with Crippen LogP contribution in [0.25, 0.3) is 22.1 Å². The van der Waals surface area contributed by atoms with E-state index in [1.165, 1.54) is 10.6 Å². The average molecular weight is 527 g/mol. The van der Waals surface area contributed by atoms with E-state index in [4.69, 9.17) is 4.74 Å². The fourth-order valence-electron chi connectivity index (χ4n) is 4.86. The van der Waals surface area contributed by atoms with Crippen LogP contribution in [-0.4, -0.2) is 18.9 Å². The van der Waals surface area contributed by atoms with Gasteiger partial charge in [0.25, 0.3) is 5.56 Å². The molecule has 0 atom stereocenters. The summed E-state index contributed by atoms with van der Waals surface area (Å²) in [7, 11) is 0. The minimum Gasteiger partial charge on any atom is -0.369 e. The fraction of sp³-hybridized carbons (Fsp3) is 0.258. The molecule has 3 aromatic carbocycles. The lowest BCUT2D eigenvalue weighted by Crippen LogP contribution is -2.25. The molecular weight excluding hydrogens is 495 g/mol. The van der Waals surface area contributed by atoms with Crippen molar-refractivity contribution in [1.29, 1.82) is 0 Å². The van der Waals surface area contributed by atoms with Crippen molar-refractivity contribution in [2.24, 2.45) is 0 Å². The molecule has 39 heavy (non-hydrogen) atoms. The van der Waals surface area contributed by atoms with Gasteiger partial charge in [-0.05, 0) is 60.0 Å². The first kappa shape index (κ1) is 26.3. The molecule has 0 aliphatic rings. The van der Waals surface area contributed by atoms with E-state index in [9.17, 15) is 9.59 Å². The third kappa shape index (κ3) is 4.95. The number of hydrogen-bond donors (Lipinski definition) is 0. The van der Waals surface area contributed by atoms with Crippen LogP contribution in [0.1, 0.15) is 49.2 Å². The Hall–Kier alpha value is -4.30. The van der Waals surface area contributed by atoms with Crippen LogP contribution < -0.4 is 11.2 Å². The Morgan fingerprint density at radius 1 is 0.923 bits per heavy atom. The molecule has 7 nitrogen and oxygen atoms in total. The van der Waals surface area contributed by atoms with Crippen LogP contribution in [-0.2, 0) is 24.5 Å². The monoisotopic (exact) mass is 526 g/mol. The maximum Gasteiger partial charge on any atom is 0.350 e. The van der Waals surface area contributed by atoms with Gasteiger partial charge >= 0.3 is 5.69 Å². The molecule has 0 aliphatic heterocycles. The van der Waals surface area contributed by atoms with E-state index in [1.807, 2.05) is 88.5 Å². The molecule has 0 unspecified atom stereocenters. The van der Waals surface area contributed by atoms with Gasteiger partial charge in [0.2, 0.25) is 0 Å². The summed E-state index contributed by atoms with van der Waals surface area (Å²) in [4.78, 5) is 26.8. The third-order valence-corrected chi connectivity index (χ3v) is 6.94. The van der Waals surface area contributed by atoms with Crippen molar-refractivity contribution in [3.8, 4) is 11.4 Å². The minimum atomic E-state index is -0.698. The maximum absolute atomic E-state index is 15.6. The predicted molar refractivity (Wildman–Crippen MR) is 150 cm³/mol. The predicted octanol–water partition coefficient (Wildman–Crippen LogP) is 5.65. The van der Waals surface area contributed by atoms with Crippen molar-refractivity contribution < 1.29 is 9.13 Å². The molecule has 0 spiro atoms. The molecule has 2 heterocycles. The lowest BCUT2D eigenvalue weighted by molar-refractivity contribution is 0.0989. The first-order valence-electron chi connectivity index (χ1n) is 13.1. The van der Waals surface area contributed by atoms with Crippen molar-refractivity contribution in [2.75, 3.05) is 0 Å². The topological polar surface area (TPSA) is 71.0 Å². The van der Waals surface area contributed by atoms with Gasteiger partial charge in [-0.25, -0.2) is 9.18 Å². The molecule has 0 aliphatic carbocycles. The summed E-state index contributed by atoms with van der Waals surface area (Å²) in [5.74, 6) is -0.262.